The Morgan fingerprint density at radius 2 is 1.81 bits per heavy atom. The first-order valence-corrected chi connectivity index (χ1v) is 11.1. The molecule has 2 aromatic rings. The van der Waals surface area contributed by atoms with Crippen LogP contribution in [0.25, 0.3) is 6.08 Å². The van der Waals surface area contributed by atoms with Gasteiger partial charge in [-0.15, -0.1) is 0 Å². The third kappa shape index (κ3) is 4.33. The van der Waals surface area contributed by atoms with Crippen LogP contribution in [0.4, 0.5) is 4.79 Å². The summed E-state index contributed by atoms with van der Waals surface area (Å²) in [6.45, 7) is 0.745. The number of benzene rings is 2. The van der Waals surface area contributed by atoms with Gasteiger partial charge in [0.1, 0.15) is 6.54 Å². The van der Waals surface area contributed by atoms with Crippen LogP contribution in [0.15, 0.2) is 41.3 Å². The van der Waals surface area contributed by atoms with Crippen LogP contribution in [0.5, 0.6) is 11.5 Å². The molecule has 0 N–H and O–H groups in total. The Balaban J connectivity index is 1.49. The number of thioether (sulfide) groups is 1. The highest BCUT2D eigenvalue weighted by molar-refractivity contribution is 8.18. The van der Waals surface area contributed by atoms with Crippen LogP contribution < -0.4 is 9.47 Å². The summed E-state index contributed by atoms with van der Waals surface area (Å²) in [6.07, 6.45) is 2.28. The molecule has 0 spiro atoms. The van der Waals surface area contributed by atoms with Crippen LogP contribution in [0.3, 0.4) is 0 Å². The van der Waals surface area contributed by atoms with E-state index in [2.05, 4.69) is 6.07 Å². The fourth-order valence-electron chi connectivity index (χ4n) is 3.70. The summed E-state index contributed by atoms with van der Waals surface area (Å²) >= 11 is 7.09. The first-order valence-electron chi connectivity index (χ1n) is 9.92. The van der Waals surface area contributed by atoms with Gasteiger partial charge in [-0.25, -0.2) is 0 Å². The number of methoxy groups -OCH3 is 2. The van der Waals surface area contributed by atoms with E-state index in [1.807, 2.05) is 18.2 Å². The minimum Gasteiger partial charge on any atom is -0.493 e. The predicted molar refractivity (Wildman–Crippen MR) is 123 cm³/mol. The first kappa shape index (κ1) is 22.2. The number of ether oxygens (including phenoxy) is 2. The van der Waals surface area contributed by atoms with Crippen molar-refractivity contribution in [2.75, 3.05) is 27.3 Å². The topological polar surface area (TPSA) is 76.2 Å². The quantitative estimate of drug-likeness (QED) is 0.613. The molecule has 0 aliphatic carbocycles. The van der Waals surface area contributed by atoms with Crippen molar-refractivity contribution in [3.8, 4) is 11.5 Å². The number of hydrogen-bond donors (Lipinski definition) is 0. The van der Waals surface area contributed by atoms with E-state index < -0.39 is 11.1 Å². The second kappa shape index (κ2) is 9.26. The minimum atomic E-state index is -0.517. The number of nitrogens with zero attached hydrogens (tertiary/aromatic N) is 2. The maximum Gasteiger partial charge on any atom is 0.294 e. The van der Waals surface area contributed by atoms with Crippen molar-refractivity contribution in [3.05, 3.63) is 63.0 Å². The molecule has 2 heterocycles. The molecule has 0 bridgehead atoms. The number of hydrogen-bond acceptors (Lipinski definition) is 6. The smallest absolute Gasteiger partial charge is 0.294 e. The summed E-state index contributed by atoms with van der Waals surface area (Å²) in [5.41, 5.74) is 2.82. The van der Waals surface area contributed by atoms with Crippen LogP contribution >= 0.6 is 23.4 Å². The summed E-state index contributed by atoms with van der Waals surface area (Å²) in [7, 11) is 2.99. The van der Waals surface area contributed by atoms with Crippen LogP contribution in [-0.4, -0.2) is 54.2 Å². The van der Waals surface area contributed by atoms with Crippen molar-refractivity contribution in [2.24, 2.45) is 0 Å². The van der Waals surface area contributed by atoms with Crippen molar-refractivity contribution in [3.63, 3.8) is 0 Å². The van der Waals surface area contributed by atoms with Gasteiger partial charge < -0.3 is 14.4 Å². The zero-order valence-electron chi connectivity index (χ0n) is 17.6. The van der Waals surface area contributed by atoms with Gasteiger partial charge in [-0.3, -0.25) is 19.3 Å². The molecule has 0 radical (unpaired) electrons. The number of carbonyl (C=O) groups excluding carboxylic acids is 3. The number of imide groups is 1. The Morgan fingerprint density at radius 1 is 1.12 bits per heavy atom. The molecule has 7 nitrogen and oxygen atoms in total. The molecule has 2 aromatic carbocycles. The maximum absolute atomic E-state index is 12.9. The van der Waals surface area contributed by atoms with Gasteiger partial charge in [-0.1, -0.05) is 35.9 Å². The predicted octanol–water partition coefficient (Wildman–Crippen LogP) is 3.98. The molecule has 32 heavy (non-hydrogen) atoms. The van der Waals surface area contributed by atoms with Gasteiger partial charge in [0, 0.05) is 19.2 Å². The first-order chi connectivity index (χ1) is 15.4. The average molecular weight is 473 g/mol. The average Bonchev–Trinajstić information content (AvgIpc) is 3.06. The van der Waals surface area contributed by atoms with E-state index >= 15 is 0 Å². The van der Waals surface area contributed by atoms with Crippen molar-refractivity contribution in [1.82, 2.24) is 9.80 Å². The molecule has 0 saturated carbocycles. The Hall–Kier alpha value is -2.97. The summed E-state index contributed by atoms with van der Waals surface area (Å²) in [4.78, 5) is 41.0. The standard InChI is InChI=1S/C23H21ClN2O5S/c1-30-18-9-16(17(24)11-19(18)31-2)10-20-22(28)26(23(29)32-20)13-21(27)25-8-7-14-5-3-4-6-15(14)12-25/h3-6,9-11H,7-8,12-13H2,1-2H3/b20-10-. The second-order valence-electron chi connectivity index (χ2n) is 7.33. The molecule has 0 aromatic heterocycles. The zero-order valence-corrected chi connectivity index (χ0v) is 19.2. The van der Waals surface area contributed by atoms with E-state index in [4.69, 9.17) is 21.1 Å². The lowest BCUT2D eigenvalue weighted by Crippen LogP contribution is -2.44. The van der Waals surface area contributed by atoms with Gasteiger partial charge in [-0.05, 0) is 47.0 Å². The molecule has 4 rings (SSSR count). The fraction of sp³-hybridized carbons (Fsp3) is 0.261. The highest BCUT2D eigenvalue weighted by atomic mass is 35.5. The van der Waals surface area contributed by atoms with Gasteiger partial charge in [0.05, 0.1) is 24.1 Å². The van der Waals surface area contributed by atoms with Gasteiger partial charge >= 0.3 is 0 Å². The lowest BCUT2D eigenvalue weighted by molar-refractivity contribution is -0.136. The third-order valence-corrected chi connectivity index (χ3v) is 6.67. The number of fused-ring (bicyclic) bond motifs is 1. The number of carbonyl (C=O) groups is 3. The number of rotatable bonds is 5. The molecule has 3 amide bonds. The number of halogens is 1. The van der Waals surface area contributed by atoms with Gasteiger partial charge in [0.25, 0.3) is 11.1 Å². The lowest BCUT2D eigenvalue weighted by Gasteiger charge is -2.29. The Kier molecular flexibility index (Phi) is 6.43. The highest BCUT2D eigenvalue weighted by Crippen LogP contribution is 2.37. The lowest BCUT2D eigenvalue weighted by atomic mass is 10.00. The van der Waals surface area contributed by atoms with E-state index in [-0.39, 0.29) is 17.4 Å². The molecule has 9 heteroatoms. The van der Waals surface area contributed by atoms with Gasteiger partial charge in [0.15, 0.2) is 11.5 Å². The highest BCUT2D eigenvalue weighted by Gasteiger charge is 2.37. The van der Waals surface area contributed by atoms with E-state index in [9.17, 15) is 14.4 Å². The van der Waals surface area contributed by atoms with Gasteiger partial charge in [0.2, 0.25) is 5.91 Å². The Bertz CT molecular complexity index is 1130. The molecule has 0 unspecified atom stereocenters. The second-order valence-corrected chi connectivity index (χ2v) is 8.73. The van der Waals surface area contributed by atoms with Crippen molar-refractivity contribution in [2.45, 2.75) is 13.0 Å². The molecule has 166 valence electrons. The monoisotopic (exact) mass is 472 g/mol. The Labute approximate surface area is 194 Å². The molecular weight excluding hydrogens is 452 g/mol. The summed E-state index contributed by atoms with van der Waals surface area (Å²) in [5.74, 6) is 0.128. The van der Waals surface area contributed by atoms with Crippen molar-refractivity contribution < 1.29 is 23.9 Å². The minimum absolute atomic E-state index is 0.195. The van der Waals surface area contributed by atoms with E-state index in [1.165, 1.54) is 25.9 Å². The molecule has 0 atom stereocenters. The third-order valence-electron chi connectivity index (χ3n) is 5.44. The normalized spacial score (nSPS) is 17.0. The van der Waals surface area contributed by atoms with Crippen LogP contribution in [0, 0.1) is 0 Å². The molecular formula is C23H21ClN2O5S. The van der Waals surface area contributed by atoms with Crippen LogP contribution in [-0.2, 0) is 22.6 Å². The summed E-state index contributed by atoms with van der Waals surface area (Å²) in [5, 5.41) is -0.138. The van der Waals surface area contributed by atoms with Crippen LogP contribution in [0.2, 0.25) is 5.02 Å². The largest absolute Gasteiger partial charge is 0.493 e. The van der Waals surface area contributed by atoms with E-state index in [0.29, 0.717) is 35.2 Å². The fourth-order valence-corrected chi connectivity index (χ4v) is 4.74. The summed E-state index contributed by atoms with van der Waals surface area (Å²) < 4.78 is 10.5. The zero-order chi connectivity index (χ0) is 22.8. The number of amides is 3. The van der Waals surface area contributed by atoms with Gasteiger partial charge in [-0.2, -0.15) is 0 Å². The van der Waals surface area contributed by atoms with Crippen LogP contribution in [0.1, 0.15) is 16.7 Å². The maximum atomic E-state index is 12.9. The molecule has 1 saturated heterocycles. The Morgan fingerprint density at radius 3 is 2.53 bits per heavy atom. The van der Waals surface area contributed by atoms with E-state index in [1.54, 1.807) is 17.0 Å². The van der Waals surface area contributed by atoms with Crippen molar-refractivity contribution in [1.29, 1.82) is 0 Å². The molecule has 2 aliphatic rings. The molecule has 1 fully saturated rings. The SMILES string of the molecule is COc1cc(Cl)c(/C=C2\SC(=O)N(CC(=O)N3CCc4ccccc4C3)C2=O)cc1OC. The summed E-state index contributed by atoms with van der Waals surface area (Å²) in [6, 6.07) is 11.2. The molecule has 2 aliphatic heterocycles. The van der Waals surface area contributed by atoms with E-state index in [0.717, 1.165) is 28.6 Å². The van der Waals surface area contributed by atoms with Crippen molar-refractivity contribution >= 4 is 46.5 Å².